The van der Waals surface area contributed by atoms with E-state index in [1.807, 2.05) is 18.5 Å². The number of rotatable bonds is 3. The average molecular weight is 347 g/mol. The first-order chi connectivity index (χ1) is 10.2. The molecule has 1 aliphatic rings. The summed E-state index contributed by atoms with van der Waals surface area (Å²) >= 11 is 3.51. The third-order valence-electron chi connectivity index (χ3n) is 3.88. The van der Waals surface area contributed by atoms with E-state index in [1.165, 1.54) is 11.1 Å². The molecule has 0 amide bonds. The van der Waals surface area contributed by atoms with Crippen molar-refractivity contribution >= 4 is 15.9 Å². The fourth-order valence-corrected chi connectivity index (χ4v) is 3.09. The Balaban J connectivity index is 1.82. The molecule has 0 saturated heterocycles. The Morgan fingerprint density at radius 1 is 1.38 bits per heavy atom. The van der Waals surface area contributed by atoms with Gasteiger partial charge in [0.2, 0.25) is 0 Å². The van der Waals surface area contributed by atoms with E-state index >= 15 is 0 Å². The Morgan fingerprint density at radius 3 is 3.10 bits per heavy atom. The van der Waals surface area contributed by atoms with Crippen LogP contribution in [0.2, 0.25) is 0 Å². The van der Waals surface area contributed by atoms with Gasteiger partial charge in [-0.15, -0.1) is 0 Å². The molecule has 0 fully saturated rings. The van der Waals surface area contributed by atoms with Crippen molar-refractivity contribution in [2.75, 3.05) is 6.61 Å². The molecular formula is C17H19BrN2O. The van der Waals surface area contributed by atoms with E-state index in [0.717, 1.165) is 29.7 Å². The topological polar surface area (TPSA) is 34.1 Å². The number of hydrogen-bond acceptors (Lipinski definition) is 3. The molecule has 1 aliphatic heterocycles. The minimum Gasteiger partial charge on any atom is -0.493 e. The molecule has 0 spiro atoms. The quantitative estimate of drug-likeness (QED) is 0.893. The van der Waals surface area contributed by atoms with Gasteiger partial charge in [0.05, 0.1) is 6.61 Å². The van der Waals surface area contributed by atoms with Crippen molar-refractivity contribution in [1.82, 2.24) is 10.3 Å². The molecular weight excluding hydrogens is 328 g/mol. The molecule has 2 aromatic rings. The zero-order valence-electron chi connectivity index (χ0n) is 12.1. The monoisotopic (exact) mass is 346 g/mol. The number of nitrogens with zero attached hydrogens (tertiary/aromatic N) is 1. The Morgan fingerprint density at radius 2 is 2.29 bits per heavy atom. The maximum absolute atomic E-state index is 5.86. The van der Waals surface area contributed by atoms with Gasteiger partial charge in [0.15, 0.2) is 0 Å². The summed E-state index contributed by atoms with van der Waals surface area (Å²) in [7, 11) is 0. The van der Waals surface area contributed by atoms with Crippen LogP contribution in [0.1, 0.15) is 43.0 Å². The van der Waals surface area contributed by atoms with Gasteiger partial charge < -0.3 is 10.1 Å². The molecule has 0 bridgehead atoms. The minimum absolute atomic E-state index is 0.262. The molecule has 110 valence electrons. The van der Waals surface area contributed by atoms with Crippen LogP contribution in [0.3, 0.4) is 0 Å². The lowest BCUT2D eigenvalue weighted by Crippen LogP contribution is -2.24. The van der Waals surface area contributed by atoms with Crippen molar-refractivity contribution in [3.8, 4) is 5.75 Å². The first kappa shape index (κ1) is 14.5. The van der Waals surface area contributed by atoms with Gasteiger partial charge in [0.1, 0.15) is 5.75 Å². The largest absolute Gasteiger partial charge is 0.493 e. The molecule has 2 atom stereocenters. The summed E-state index contributed by atoms with van der Waals surface area (Å²) in [5.41, 5.74) is 2.45. The Kier molecular flexibility index (Phi) is 4.56. The fourth-order valence-electron chi connectivity index (χ4n) is 2.75. The highest BCUT2D eigenvalue weighted by Gasteiger charge is 2.21. The molecule has 1 aromatic carbocycles. The number of fused-ring (bicyclic) bond motifs is 1. The van der Waals surface area contributed by atoms with Gasteiger partial charge >= 0.3 is 0 Å². The third kappa shape index (κ3) is 3.44. The van der Waals surface area contributed by atoms with Gasteiger partial charge in [-0.1, -0.05) is 28.1 Å². The van der Waals surface area contributed by atoms with Crippen molar-refractivity contribution in [2.24, 2.45) is 0 Å². The van der Waals surface area contributed by atoms with Gasteiger partial charge in [-0.3, -0.25) is 4.98 Å². The summed E-state index contributed by atoms with van der Waals surface area (Å²) < 4.78 is 6.92. The lowest BCUT2D eigenvalue weighted by Gasteiger charge is -2.23. The molecule has 3 rings (SSSR count). The molecule has 21 heavy (non-hydrogen) atoms. The molecule has 2 unspecified atom stereocenters. The molecule has 4 heteroatoms. The van der Waals surface area contributed by atoms with E-state index in [1.54, 1.807) is 0 Å². The number of ether oxygens (including phenoxy) is 1. The summed E-state index contributed by atoms with van der Waals surface area (Å²) in [6.07, 6.45) is 5.87. The maximum atomic E-state index is 5.86. The number of nitrogens with one attached hydrogen (secondary N) is 1. The van der Waals surface area contributed by atoms with Gasteiger partial charge in [0, 0.05) is 34.5 Å². The summed E-state index contributed by atoms with van der Waals surface area (Å²) in [6.45, 7) is 2.96. The van der Waals surface area contributed by atoms with E-state index in [9.17, 15) is 0 Å². The smallest absolute Gasteiger partial charge is 0.125 e. The summed E-state index contributed by atoms with van der Waals surface area (Å²) in [6, 6.07) is 11.0. The van der Waals surface area contributed by atoms with Crippen LogP contribution in [-0.4, -0.2) is 11.6 Å². The summed E-state index contributed by atoms with van der Waals surface area (Å²) in [5.74, 6) is 0.984. The Bertz CT molecular complexity index is 603. The van der Waals surface area contributed by atoms with Crippen molar-refractivity contribution < 1.29 is 4.74 Å². The lowest BCUT2D eigenvalue weighted by molar-refractivity contribution is 0.314. The van der Waals surface area contributed by atoms with E-state index < -0.39 is 0 Å². The normalized spacial score (nSPS) is 19.2. The van der Waals surface area contributed by atoms with Crippen molar-refractivity contribution in [3.63, 3.8) is 0 Å². The van der Waals surface area contributed by atoms with Crippen LogP contribution in [0.15, 0.2) is 47.2 Å². The number of pyridine rings is 1. The Hall–Kier alpha value is -1.39. The van der Waals surface area contributed by atoms with Crippen LogP contribution >= 0.6 is 15.9 Å². The number of benzene rings is 1. The van der Waals surface area contributed by atoms with E-state index in [4.69, 9.17) is 4.74 Å². The number of halogens is 1. The van der Waals surface area contributed by atoms with Gasteiger partial charge in [-0.05, 0) is 43.5 Å². The minimum atomic E-state index is 0.262. The molecule has 2 heterocycles. The van der Waals surface area contributed by atoms with E-state index in [2.05, 4.69) is 57.4 Å². The highest BCUT2D eigenvalue weighted by Crippen LogP contribution is 2.35. The van der Waals surface area contributed by atoms with E-state index in [-0.39, 0.29) is 6.04 Å². The third-order valence-corrected chi connectivity index (χ3v) is 4.37. The highest BCUT2D eigenvalue weighted by molar-refractivity contribution is 9.10. The van der Waals surface area contributed by atoms with Gasteiger partial charge in [-0.2, -0.15) is 0 Å². The van der Waals surface area contributed by atoms with Crippen LogP contribution in [0.5, 0.6) is 5.75 Å². The van der Waals surface area contributed by atoms with Crippen LogP contribution < -0.4 is 10.1 Å². The lowest BCUT2D eigenvalue weighted by atomic mass is 10.00. The standard InChI is InChI=1S/C17H19BrN2O/c1-12(13-4-2-8-19-11-13)20-16-5-3-9-21-17-10-14(18)6-7-15(16)17/h2,4,6-8,10-12,16,20H,3,5,9H2,1H3. The first-order valence-corrected chi connectivity index (χ1v) is 8.11. The highest BCUT2D eigenvalue weighted by atomic mass is 79.9. The van der Waals surface area contributed by atoms with E-state index in [0.29, 0.717) is 6.04 Å². The second-order valence-electron chi connectivity index (χ2n) is 5.40. The van der Waals surface area contributed by atoms with Gasteiger partial charge in [0.25, 0.3) is 0 Å². The van der Waals surface area contributed by atoms with Crippen LogP contribution in [0.25, 0.3) is 0 Å². The maximum Gasteiger partial charge on any atom is 0.125 e. The molecule has 0 radical (unpaired) electrons. The zero-order valence-corrected chi connectivity index (χ0v) is 13.6. The summed E-state index contributed by atoms with van der Waals surface area (Å²) in [4.78, 5) is 4.20. The second-order valence-corrected chi connectivity index (χ2v) is 6.32. The predicted molar refractivity (Wildman–Crippen MR) is 87.4 cm³/mol. The fraction of sp³-hybridized carbons (Fsp3) is 0.353. The molecule has 0 aliphatic carbocycles. The van der Waals surface area contributed by atoms with Crippen LogP contribution in [-0.2, 0) is 0 Å². The van der Waals surface area contributed by atoms with Gasteiger partial charge in [-0.25, -0.2) is 0 Å². The second kappa shape index (κ2) is 6.58. The molecule has 0 saturated carbocycles. The summed E-state index contributed by atoms with van der Waals surface area (Å²) in [5, 5.41) is 3.72. The Labute approximate surface area is 133 Å². The molecule has 3 nitrogen and oxygen atoms in total. The predicted octanol–water partition coefficient (Wildman–Crippen LogP) is 4.41. The average Bonchev–Trinajstić information content (AvgIpc) is 2.70. The molecule has 1 N–H and O–H groups in total. The first-order valence-electron chi connectivity index (χ1n) is 7.32. The van der Waals surface area contributed by atoms with Crippen LogP contribution in [0.4, 0.5) is 0 Å². The van der Waals surface area contributed by atoms with Crippen molar-refractivity contribution in [3.05, 3.63) is 58.3 Å². The van der Waals surface area contributed by atoms with Crippen LogP contribution in [0, 0.1) is 0 Å². The SMILES string of the molecule is CC(NC1CCCOc2cc(Br)ccc21)c1cccnc1. The molecule has 1 aromatic heterocycles. The van der Waals surface area contributed by atoms with Crippen molar-refractivity contribution in [1.29, 1.82) is 0 Å². The number of aromatic nitrogens is 1. The number of hydrogen-bond donors (Lipinski definition) is 1. The van der Waals surface area contributed by atoms with Crippen molar-refractivity contribution in [2.45, 2.75) is 31.8 Å². The zero-order chi connectivity index (χ0) is 14.7.